The molecular weight excluding hydrogens is 302 g/mol. The van der Waals surface area contributed by atoms with Crippen molar-refractivity contribution >= 4 is 5.91 Å². The van der Waals surface area contributed by atoms with Gasteiger partial charge in [-0.3, -0.25) is 4.79 Å². The average Bonchev–Trinajstić information content (AvgIpc) is 2.59. The molecule has 1 amide bonds. The van der Waals surface area contributed by atoms with Crippen LogP contribution in [-0.4, -0.2) is 19.1 Å². The van der Waals surface area contributed by atoms with Gasteiger partial charge in [0, 0.05) is 0 Å². The van der Waals surface area contributed by atoms with Crippen molar-refractivity contribution in [2.45, 2.75) is 39.3 Å². The largest absolute Gasteiger partial charge is 0.497 e. The predicted octanol–water partition coefficient (Wildman–Crippen LogP) is 4.04. The Bertz CT molecular complexity index is 667. The van der Waals surface area contributed by atoms with Gasteiger partial charge in [-0.15, -0.1) is 0 Å². The number of nitrogens with one attached hydrogen (secondary N) is 1. The maximum Gasteiger partial charge on any atom is 0.261 e. The van der Waals surface area contributed by atoms with Crippen LogP contribution in [0.5, 0.6) is 11.5 Å². The second-order valence-electron chi connectivity index (χ2n) is 5.82. The Balaban J connectivity index is 1.99. The predicted molar refractivity (Wildman–Crippen MR) is 95.4 cm³/mol. The van der Waals surface area contributed by atoms with Crippen LogP contribution in [0.15, 0.2) is 48.5 Å². The van der Waals surface area contributed by atoms with Gasteiger partial charge in [0.25, 0.3) is 5.91 Å². The first-order valence-electron chi connectivity index (χ1n) is 8.21. The Morgan fingerprint density at radius 1 is 1.12 bits per heavy atom. The molecule has 0 spiro atoms. The number of amides is 1. The first-order chi connectivity index (χ1) is 11.5. The number of carbonyl (C=O) groups is 1. The van der Waals surface area contributed by atoms with Crippen molar-refractivity contribution in [3.63, 3.8) is 0 Å². The van der Waals surface area contributed by atoms with Crippen LogP contribution in [0.25, 0.3) is 0 Å². The summed E-state index contributed by atoms with van der Waals surface area (Å²) in [5, 5.41) is 3.05. The molecule has 0 aliphatic carbocycles. The molecule has 2 rings (SSSR count). The van der Waals surface area contributed by atoms with Crippen molar-refractivity contribution in [2.24, 2.45) is 0 Å². The van der Waals surface area contributed by atoms with Crippen molar-refractivity contribution in [3.8, 4) is 11.5 Å². The number of methoxy groups -OCH3 is 1. The van der Waals surface area contributed by atoms with Gasteiger partial charge >= 0.3 is 0 Å². The van der Waals surface area contributed by atoms with Crippen molar-refractivity contribution in [2.75, 3.05) is 7.11 Å². The highest BCUT2D eigenvalue weighted by Gasteiger charge is 2.19. The SMILES string of the molecule is CCC(NC(=O)C(C)Oc1cccc(C)c1)c1ccc(OC)cc1. The molecule has 2 atom stereocenters. The molecule has 0 aliphatic heterocycles. The fourth-order valence-electron chi connectivity index (χ4n) is 2.49. The monoisotopic (exact) mass is 327 g/mol. The lowest BCUT2D eigenvalue weighted by Crippen LogP contribution is -2.38. The second-order valence-corrected chi connectivity index (χ2v) is 5.82. The molecular formula is C20H25NO3. The molecule has 4 nitrogen and oxygen atoms in total. The molecule has 2 aromatic rings. The van der Waals surface area contributed by atoms with E-state index in [4.69, 9.17) is 9.47 Å². The van der Waals surface area contributed by atoms with Crippen molar-refractivity contribution < 1.29 is 14.3 Å². The fraction of sp³-hybridized carbons (Fsp3) is 0.350. The van der Waals surface area contributed by atoms with Gasteiger partial charge in [-0.25, -0.2) is 0 Å². The summed E-state index contributed by atoms with van der Waals surface area (Å²) in [6, 6.07) is 15.4. The Morgan fingerprint density at radius 2 is 1.83 bits per heavy atom. The molecule has 128 valence electrons. The minimum atomic E-state index is -0.556. The van der Waals surface area contributed by atoms with E-state index in [1.54, 1.807) is 14.0 Å². The quantitative estimate of drug-likeness (QED) is 0.835. The molecule has 24 heavy (non-hydrogen) atoms. The Hall–Kier alpha value is -2.49. The normalized spacial score (nSPS) is 13.0. The summed E-state index contributed by atoms with van der Waals surface area (Å²) >= 11 is 0. The molecule has 1 N–H and O–H groups in total. The van der Waals surface area contributed by atoms with E-state index in [2.05, 4.69) is 5.32 Å². The van der Waals surface area contributed by atoms with Crippen molar-refractivity contribution in [3.05, 3.63) is 59.7 Å². The minimum absolute atomic E-state index is 0.0491. The van der Waals surface area contributed by atoms with Crippen LogP contribution in [-0.2, 0) is 4.79 Å². The minimum Gasteiger partial charge on any atom is -0.497 e. The van der Waals surface area contributed by atoms with Crippen LogP contribution in [0, 0.1) is 6.92 Å². The number of ether oxygens (including phenoxy) is 2. The average molecular weight is 327 g/mol. The first-order valence-corrected chi connectivity index (χ1v) is 8.21. The maximum atomic E-state index is 12.4. The van der Waals surface area contributed by atoms with Gasteiger partial charge in [-0.2, -0.15) is 0 Å². The van der Waals surface area contributed by atoms with Crippen LogP contribution in [0.3, 0.4) is 0 Å². The third-order valence-electron chi connectivity index (χ3n) is 3.91. The van der Waals surface area contributed by atoms with Gasteiger partial charge in [-0.05, 0) is 55.7 Å². The van der Waals surface area contributed by atoms with E-state index in [9.17, 15) is 4.79 Å². The van der Waals surface area contributed by atoms with Gasteiger partial charge in [-0.1, -0.05) is 31.2 Å². The highest BCUT2D eigenvalue weighted by molar-refractivity contribution is 5.81. The lowest BCUT2D eigenvalue weighted by molar-refractivity contribution is -0.128. The molecule has 0 radical (unpaired) electrons. The number of rotatable bonds is 7. The van der Waals surface area contributed by atoms with E-state index in [1.165, 1.54) is 0 Å². The highest BCUT2D eigenvalue weighted by atomic mass is 16.5. The van der Waals surface area contributed by atoms with Crippen molar-refractivity contribution in [1.82, 2.24) is 5.32 Å². The van der Waals surface area contributed by atoms with E-state index in [-0.39, 0.29) is 11.9 Å². The van der Waals surface area contributed by atoms with E-state index in [0.29, 0.717) is 5.75 Å². The van der Waals surface area contributed by atoms with Gasteiger partial charge < -0.3 is 14.8 Å². The standard InChI is InChI=1S/C20H25NO3/c1-5-19(16-9-11-17(23-4)12-10-16)21-20(22)15(3)24-18-8-6-7-14(2)13-18/h6-13,15,19H,5H2,1-4H3,(H,21,22). The number of hydrogen-bond donors (Lipinski definition) is 1. The molecule has 4 heteroatoms. The third kappa shape index (κ3) is 4.75. The topological polar surface area (TPSA) is 47.6 Å². The molecule has 0 aromatic heterocycles. The number of hydrogen-bond acceptors (Lipinski definition) is 3. The van der Waals surface area contributed by atoms with Crippen LogP contribution in [0.4, 0.5) is 0 Å². The molecule has 0 saturated heterocycles. The number of carbonyl (C=O) groups excluding carboxylic acids is 1. The Labute approximate surface area is 143 Å². The first kappa shape index (κ1) is 17.9. The van der Waals surface area contributed by atoms with E-state index in [0.717, 1.165) is 23.3 Å². The molecule has 0 heterocycles. The van der Waals surface area contributed by atoms with Gasteiger partial charge in [0.05, 0.1) is 13.2 Å². The lowest BCUT2D eigenvalue weighted by Gasteiger charge is -2.21. The third-order valence-corrected chi connectivity index (χ3v) is 3.91. The van der Waals surface area contributed by atoms with Gasteiger partial charge in [0.15, 0.2) is 6.10 Å². The zero-order chi connectivity index (χ0) is 17.5. The van der Waals surface area contributed by atoms with Gasteiger partial charge in [0.2, 0.25) is 0 Å². The van der Waals surface area contributed by atoms with E-state index >= 15 is 0 Å². The fourth-order valence-corrected chi connectivity index (χ4v) is 2.49. The van der Waals surface area contributed by atoms with Crippen LogP contribution in [0.2, 0.25) is 0 Å². The summed E-state index contributed by atoms with van der Waals surface area (Å²) in [6.07, 6.45) is 0.244. The molecule has 2 aromatic carbocycles. The molecule has 0 aliphatic rings. The summed E-state index contributed by atoms with van der Waals surface area (Å²) < 4.78 is 10.9. The van der Waals surface area contributed by atoms with Crippen molar-refractivity contribution in [1.29, 1.82) is 0 Å². The molecule has 0 saturated carbocycles. The molecule has 0 bridgehead atoms. The zero-order valence-corrected chi connectivity index (χ0v) is 14.7. The number of aryl methyl sites for hydroxylation is 1. The van der Waals surface area contributed by atoms with E-state index < -0.39 is 6.10 Å². The summed E-state index contributed by atoms with van der Waals surface area (Å²) in [7, 11) is 1.64. The summed E-state index contributed by atoms with van der Waals surface area (Å²) in [4.78, 5) is 12.4. The maximum absolute atomic E-state index is 12.4. The summed E-state index contributed by atoms with van der Waals surface area (Å²) in [6.45, 7) is 5.80. The lowest BCUT2D eigenvalue weighted by atomic mass is 10.0. The van der Waals surface area contributed by atoms with Crippen LogP contribution < -0.4 is 14.8 Å². The van der Waals surface area contributed by atoms with Crippen LogP contribution >= 0.6 is 0 Å². The number of benzene rings is 2. The Morgan fingerprint density at radius 3 is 2.42 bits per heavy atom. The summed E-state index contributed by atoms with van der Waals surface area (Å²) in [5.41, 5.74) is 2.15. The Kier molecular flexibility index (Phi) is 6.24. The van der Waals surface area contributed by atoms with Crippen LogP contribution in [0.1, 0.15) is 37.4 Å². The summed E-state index contributed by atoms with van der Waals surface area (Å²) in [5.74, 6) is 1.38. The van der Waals surface area contributed by atoms with Gasteiger partial charge in [0.1, 0.15) is 11.5 Å². The zero-order valence-electron chi connectivity index (χ0n) is 14.7. The molecule has 2 unspecified atom stereocenters. The second kappa shape index (κ2) is 8.39. The molecule has 0 fully saturated rings. The van der Waals surface area contributed by atoms with E-state index in [1.807, 2.05) is 62.4 Å². The highest BCUT2D eigenvalue weighted by Crippen LogP contribution is 2.21. The smallest absolute Gasteiger partial charge is 0.261 e.